The van der Waals surface area contributed by atoms with Gasteiger partial charge in [-0.2, -0.15) is 4.52 Å². The van der Waals surface area contributed by atoms with Crippen molar-refractivity contribution in [3.05, 3.63) is 76.6 Å². The van der Waals surface area contributed by atoms with Crippen LogP contribution in [-0.4, -0.2) is 46.5 Å². The van der Waals surface area contributed by atoms with Crippen molar-refractivity contribution < 1.29 is 14.3 Å². The van der Waals surface area contributed by atoms with Crippen molar-refractivity contribution in [2.75, 3.05) is 26.1 Å². The summed E-state index contributed by atoms with van der Waals surface area (Å²) >= 11 is 6.23. The van der Waals surface area contributed by atoms with E-state index in [1.807, 2.05) is 54.6 Å². The monoisotopic (exact) mass is 494 g/mol. The highest BCUT2D eigenvalue weighted by Crippen LogP contribution is 2.24. The average molecular weight is 495 g/mol. The second kappa shape index (κ2) is 11.5. The molecule has 35 heavy (non-hydrogen) atoms. The first-order chi connectivity index (χ1) is 17.1. The van der Waals surface area contributed by atoms with E-state index in [1.165, 1.54) is 0 Å². The molecule has 9 nitrogen and oxygen atoms in total. The van der Waals surface area contributed by atoms with Gasteiger partial charge >= 0.3 is 0 Å². The maximum absolute atomic E-state index is 12.4. The Kier molecular flexibility index (Phi) is 7.99. The van der Waals surface area contributed by atoms with Crippen LogP contribution in [0, 0.1) is 0 Å². The Balaban J connectivity index is 1.31. The molecule has 0 spiro atoms. The van der Waals surface area contributed by atoms with Crippen LogP contribution in [0.5, 0.6) is 11.5 Å². The van der Waals surface area contributed by atoms with Gasteiger partial charge in [-0.3, -0.25) is 4.79 Å². The Bertz CT molecular complexity index is 1310. The van der Waals surface area contributed by atoms with Gasteiger partial charge in [0.25, 0.3) is 0 Å². The van der Waals surface area contributed by atoms with Gasteiger partial charge in [0, 0.05) is 31.0 Å². The molecule has 0 saturated carbocycles. The quantitative estimate of drug-likeness (QED) is 0.327. The first-order valence-electron chi connectivity index (χ1n) is 11.2. The molecule has 0 saturated heterocycles. The summed E-state index contributed by atoms with van der Waals surface area (Å²) in [7, 11) is 3.24. The zero-order chi connectivity index (χ0) is 24.6. The van der Waals surface area contributed by atoms with Gasteiger partial charge in [-0.25, -0.2) is 0 Å². The molecular formula is C25H27ClN6O3. The van der Waals surface area contributed by atoms with E-state index in [4.69, 9.17) is 21.1 Å². The molecule has 0 fully saturated rings. The standard InChI is InChI=1S/C25H27ClN6O3/c1-34-19-7-8-21(35-2)17(15-19)13-14-27-25(33)12-11-24-30-29-23-10-9-22(31-32(23)24)28-16-18-5-3-4-6-20(18)26/h3-10,15H,11-14,16H2,1-2H3,(H,27,33)(H,28,31). The number of anilines is 1. The number of nitrogens with zero attached hydrogens (tertiary/aromatic N) is 4. The van der Waals surface area contributed by atoms with Gasteiger partial charge in [0.1, 0.15) is 17.3 Å². The number of aryl methyl sites for hydroxylation is 1. The second-order valence-electron chi connectivity index (χ2n) is 7.83. The number of ether oxygens (including phenoxy) is 2. The molecule has 0 atom stereocenters. The maximum atomic E-state index is 12.4. The molecule has 2 aromatic heterocycles. The Morgan fingerprint density at radius 1 is 1.00 bits per heavy atom. The third-order valence-electron chi connectivity index (χ3n) is 5.52. The van der Waals surface area contributed by atoms with Crippen LogP contribution in [0.2, 0.25) is 5.02 Å². The zero-order valence-corrected chi connectivity index (χ0v) is 20.4. The van der Waals surface area contributed by atoms with Crippen molar-refractivity contribution in [3.63, 3.8) is 0 Å². The fourth-order valence-corrected chi connectivity index (χ4v) is 3.84. The number of aromatic nitrogens is 4. The Labute approximate surface area is 208 Å². The zero-order valence-electron chi connectivity index (χ0n) is 19.6. The molecule has 2 aromatic carbocycles. The fourth-order valence-electron chi connectivity index (χ4n) is 3.64. The molecule has 182 valence electrons. The number of rotatable bonds is 11. The number of hydrogen-bond acceptors (Lipinski definition) is 7. The largest absolute Gasteiger partial charge is 0.497 e. The maximum Gasteiger partial charge on any atom is 0.220 e. The van der Waals surface area contributed by atoms with Crippen LogP contribution in [-0.2, 0) is 24.2 Å². The minimum atomic E-state index is -0.0726. The van der Waals surface area contributed by atoms with Gasteiger partial charge in [0.15, 0.2) is 11.5 Å². The summed E-state index contributed by atoms with van der Waals surface area (Å²) in [6, 6.07) is 16.9. The van der Waals surface area contributed by atoms with Crippen molar-refractivity contribution in [1.29, 1.82) is 0 Å². The highest BCUT2D eigenvalue weighted by atomic mass is 35.5. The number of halogens is 1. The van der Waals surface area contributed by atoms with Crippen LogP contribution in [0.3, 0.4) is 0 Å². The van der Waals surface area contributed by atoms with Crippen LogP contribution < -0.4 is 20.1 Å². The van der Waals surface area contributed by atoms with Gasteiger partial charge < -0.3 is 20.1 Å². The summed E-state index contributed by atoms with van der Waals surface area (Å²) in [4.78, 5) is 12.4. The van der Waals surface area contributed by atoms with Crippen molar-refractivity contribution in [3.8, 4) is 11.5 Å². The van der Waals surface area contributed by atoms with E-state index in [2.05, 4.69) is 25.9 Å². The number of fused-ring (bicyclic) bond motifs is 1. The molecule has 2 N–H and O–H groups in total. The molecule has 0 unspecified atom stereocenters. The summed E-state index contributed by atoms with van der Waals surface area (Å²) in [5.74, 6) is 2.72. The third-order valence-corrected chi connectivity index (χ3v) is 5.89. The molecule has 1 amide bonds. The van der Waals surface area contributed by atoms with E-state index < -0.39 is 0 Å². The molecule has 4 rings (SSSR count). The first kappa shape index (κ1) is 24.3. The number of benzene rings is 2. The van der Waals surface area contributed by atoms with E-state index in [9.17, 15) is 4.79 Å². The van der Waals surface area contributed by atoms with Crippen molar-refractivity contribution in [2.45, 2.75) is 25.8 Å². The number of nitrogens with one attached hydrogen (secondary N) is 2. The normalized spacial score (nSPS) is 10.8. The topological polar surface area (TPSA) is 103 Å². The van der Waals surface area contributed by atoms with E-state index in [1.54, 1.807) is 18.7 Å². The number of carbonyl (C=O) groups is 1. The number of amides is 1. The average Bonchev–Trinajstić information content (AvgIpc) is 3.29. The van der Waals surface area contributed by atoms with Gasteiger partial charge in [-0.15, -0.1) is 15.3 Å². The predicted molar refractivity (Wildman–Crippen MR) is 134 cm³/mol. The summed E-state index contributed by atoms with van der Waals surface area (Å²) in [5, 5.41) is 19.8. The van der Waals surface area contributed by atoms with E-state index in [-0.39, 0.29) is 12.3 Å². The number of carbonyl (C=O) groups excluding carboxylic acids is 1. The van der Waals surface area contributed by atoms with Gasteiger partial charge in [0.2, 0.25) is 5.91 Å². The molecule has 0 bridgehead atoms. The van der Waals surface area contributed by atoms with Crippen molar-refractivity contribution in [1.82, 2.24) is 25.1 Å². The third kappa shape index (κ3) is 6.19. The molecule has 2 heterocycles. The van der Waals surface area contributed by atoms with E-state index in [0.29, 0.717) is 48.2 Å². The molecular weight excluding hydrogens is 468 g/mol. The van der Waals surface area contributed by atoms with Gasteiger partial charge in [-0.1, -0.05) is 29.8 Å². The lowest BCUT2D eigenvalue weighted by atomic mass is 10.1. The highest BCUT2D eigenvalue weighted by Gasteiger charge is 2.11. The summed E-state index contributed by atoms with van der Waals surface area (Å²) < 4.78 is 12.3. The minimum absolute atomic E-state index is 0.0726. The smallest absolute Gasteiger partial charge is 0.220 e. The van der Waals surface area contributed by atoms with Crippen LogP contribution in [0.15, 0.2) is 54.6 Å². The van der Waals surface area contributed by atoms with Crippen LogP contribution in [0.1, 0.15) is 23.4 Å². The van der Waals surface area contributed by atoms with E-state index >= 15 is 0 Å². The number of hydrogen-bond donors (Lipinski definition) is 2. The minimum Gasteiger partial charge on any atom is -0.497 e. The highest BCUT2D eigenvalue weighted by molar-refractivity contribution is 6.31. The molecule has 0 aliphatic rings. The van der Waals surface area contributed by atoms with E-state index in [0.717, 1.165) is 22.6 Å². The molecule has 0 aliphatic heterocycles. The van der Waals surface area contributed by atoms with Crippen molar-refractivity contribution in [2.24, 2.45) is 0 Å². The summed E-state index contributed by atoms with van der Waals surface area (Å²) in [6.07, 6.45) is 1.31. The fraction of sp³-hybridized carbons (Fsp3) is 0.280. The Morgan fingerprint density at radius 3 is 2.66 bits per heavy atom. The molecule has 0 aliphatic carbocycles. The first-order valence-corrected chi connectivity index (χ1v) is 11.6. The second-order valence-corrected chi connectivity index (χ2v) is 8.23. The van der Waals surface area contributed by atoms with Crippen LogP contribution in [0.25, 0.3) is 5.65 Å². The summed E-state index contributed by atoms with van der Waals surface area (Å²) in [5.41, 5.74) is 2.56. The van der Waals surface area contributed by atoms with Crippen LogP contribution in [0.4, 0.5) is 5.82 Å². The van der Waals surface area contributed by atoms with Crippen LogP contribution >= 0.6 is 11.6 Å². The van der Waals surface area contributed by atoms with Gasteiger partial charge in [-0.05, 0) is 53.9 Å². The molecule has 4 aromatic rings. The number of methoxy groups -OCH3 is 2. The summed E-state index contributed by atoms with van der Waals surface area (Å²) in [6.45, 7) is 1.02. The lowest BCUT2D eigenvalue weighted by Crippen LogP contribution is -2.26. The Morgan fingerprint density at radius 2 is 1.86 bits per heavy atom. The molecule has 0 radical (unpaired) electrons. The van der Waals surface area contributed by atoms with Gasteiger partial charge in [0.05, 0.1) is 14.2 Å². The SMILES string of the molecule is COc1ccc(OC)c(CCNC(=O)CCc2nnc3ccc(NCc4ccccc4Cl)nn23)c1. The lowest BCUT2D eigenvalue weighted by molar-refractivity contribution is -0.121. The van der Waals surface area contributed by atoms with Crippen molar-refractivity contribution >= 4 is 29.0 Å². The lowest BCUT2D eigenvalue weighted by Gasteiger charge is -2.11. The predicted octanol–water partition coefficient (Wildman–Crippen LogP) is 3.70. The Hall–Kier alpha value is -3.85. The molecule has 10 heteroatoms.